The molecule has 2 aromatic heterocycles. The zero-order chi connectivity index (χ0) is 24.2. The Morgan fingerprint density at radius 1 is 1.09 bits per heavy atom. The summed E-state index contributed by atoms with van der Waals surface area (Å²) < 4.78 is 16.3. The normalized spacial score (nSPS) is 12.5. The van der Waals surface area contributed by atoms with E-state index in [0.717, 1.165) is 40.0 Å². The van der Waals surface area contributed by atoms with Gasteiger partial charge in [-0.05, 0) is 47.5 Å². The van der Waals surface area contributed by atoms with E-state index in [0.29, 0.717) is 37.1 Å². The van der Waals surface area contributed by atoms with Crippen molar-refractivity contribution in [2.24, 2.45) is 0 Å². The molecule has 35 heavy (non-hydrogen) atoms. The van der Waals surface area contributed by atoms with Crippen molar-refractivity contribution in [2.45, 2.75) is 6.42 Å². The number of rotatable bonds is 8. The average molecular weight is 474 g/mol. The molecule has 0 fully saturated rings. The van der Waals surface area contributed by atoms with E-state index >= 15 is 0 Å². The van der Waals surface area contributed by atoms with Gasteiger partial charge in [-0.2, -0.15) is 5.10 Å². The molecule has 1 aliphatic rings. The third kappa shape index (κ3) is 5.04. The summed E-state index contributed by atoms with van der Waals surface area (Å²) in [5.74, 6) is 2.58. The average Bonchev–Trinajstić information content (AvgIpc) is 3.29. The van der Waals surface area contributed by atoms with Crippen LogP contribution in [-0.2, 0) is 16.0 Å². The zero-order valence-corrected chi connectivity index (χ0v) is 19.7. The quantitative estimate of drug-likeness (QED) is 0.403. The van der Waals surface area contributed by atoms with Gasteiger partial charge >= 0.3 is 0 Å². The first kappa shape index (κ1) is 22.7. The summed E-state index contributed by atoms with van der Waals surface area (Å²) in [5.41, 5.74) is 3.64. The number of nitrogens with one attached hydrogen (secondary N) is 2. The number of likely N-dealkylation sites (N-methyl/N-ethyl adjacent to an activating group) is 1. The molecule has 0 aliphatic carbocycles. The van der Waals surface area contributed by atoms with Crippen molar-refractivity contribution < 1.29 is 19.0 Å². The highest BCUT2D eigenvalue weighted by molar-refractivity contribution is 6.01. The molecule has 1 amide bonds. The van der Waals surface area contributed by atoms with Gasteiger partial charge in [0.05, 0.1) is 18.5 Å². The molecule has 9 heteroatoms. The molecular formula is C26H27N5O4. The van der Waals surface area contributed by atoms with E-state index in [1.807, 2.05) is 66.7 Å². The lowest BCUT2D eigenvalue weighted by Gasteiger charge is -2.18. The zero-order valence-electron chi connectivity index (χ0n) is 19.7. The summed E-state index contributed by atoms with van der Waals surface area (Å²) in [5, 5.41) is 11.1. The molecule has 4 aromatic rings. The molecule has 180 valence electrons. The van der Waals surface area contributed by atoms with Crippen LogP contribution < -0.4 is 19.7 Å². The molecule has 5 rings (SSSR count). The molecule has 0 radical (unpaired) electrons. The standard InChI is InChI=1S/C26H27N5O4/c1-31(9-10-33-2)24-8-5-19(16-27-24)18-4-6-21-20(15-18)26(30-29-21)28-25(32)14-17-3-7-22-23(13-17)35-12-11-34-22/h3-8,13,15-16H,9-12,14H2,1-2H3,(H2,28,29,30,32). The number of aromatic nitrogens is 3. The molecular weight excluding hydrogens is 446 g/mol. The Kier molecular flexibility index (Phi) is 6.49. The van der Waals surface area contributed by atoms with Crippen molar-refractivity contribution in [3.8, 4) is 22.6 Å². The number of ether oxygens (including phenoxy) is 3. The van der Waals surface area contributed by atoms with Crippen LogP contribution in [0, 0.1) is 0 Å². The van der Waals surface area contributed by atoms with Gasteiger partial charge in [0.1, 0.15) is 19.0 Å². The molecule has 3 heterocycles. The van der Waals surface area contributed by atoms with Gasteiger partial charge in [0.25, 0.3) is 0 Å². The van der Waals surface area contributed by atoms with Crippen LogP contribution in [-0.4, -0.2) is 61.6 Å². The Balaban J connectivity index is 1.30. The third-order valence-electron chi connectivity index (χ3n) is 5.90. The highest BCUT2D eigenvalue weighted by atomic mass is 16.6. The van der Waals surface area contributed by atoms with E-state index in [1.54, 1.807) is 7.11 Å². The van der Waals surface area contributed by atoms with Gasteiger partial charge in [-0.3, -0.25) is 9.89 Å². The predicted molar refractivity (Wildman–Crippen MR) is 134 cm³/mol. The van der Waals surface area contributed by atoms with Crippen LogP contribution in [0.4, 0.5) is 11.6 Å². The maximum Gasteiger partial charge on any atom is 0.230 e. The molecule has 0 atom stereocenters. The maximum absolute atomic E-state index is 12.8. The minimum atomic E-state index is -0.161. The Labute approximate surface area is 203 Å². The van der Waals surface area contributed by atoms with Gasteiger partial charge < -0.3 is 24.4 Å². The molecule has 0 spiro atoms. The van der Waals surface area contributed by atoms with Crippen molar-refractivity contribution >= 4 is 28.4 Å². The Bertz CT molecular complexity index is 1340. The summed E-state index contributed by atoms with van der Waals surface area (Å²) in [7, 11) is 3.67. The van der Waals surface area contributed by atoms with E-state index in [4.69, 9.17) is 14.2 Å². The van der Waals surface area contributed by atoms with Crippen LogP contribution in [0.1, 0.15) is 5.56 Å². The van der Waals surface area contributed by atoms with Crippen LogP contribution in [0.25, 0.3) is 22.0 Å². The Morgan fingerprint density at radius 3 is 2.71 bits per heavy atom. The molecule has 0 saturated heterocycles. The third-order valence-corrected chi connectivity index (χ3v) is 5.90. The first-order chi connectivity index (χ1) is 17.1. The van der Waals surface area contributed by atoms with Gasteiger partial charge in [-0.15, -0.1) is 0 Å². The van der Waals surface area contributed by atoms with Crippen molar-refractivity contribution in [1.29, 1.82) is 0 Å². The number of methoxy groups -OCH3 is 1. The van der Waals surface area contributed by atoms with Crippen LogP contribution in [0.2, 0.25) is 0 Å². The van der Waals surface area contributed by atoms with Crippen LogP contribution in [0.3, 0.4) is 0 Å². The lowest BCUT2D eigenvalue weighted by molar-refractivity contribution is -0.115. The van der Waals surface area contributed by atoms with Crippen molar-refractivity contribution in [1.82, 2.24) is 15.2 Å². The number of benzene rings is 2. The van der Waals surface area contributed by atoms with Gasteiger partial charge in [0.15, 0.2) is 17.3 Å². The van der Waals surface area contributed by atoms with Crippen molar-refractivity contribution in [3.63, 3.8) is 0 Å². The fraction of sp³-hybridized carbons (Fsp3) is 0.269. The lowest BCUT2D eigenvalue weighted by atomic mass is 10.1. The number of nitrogens with zero attached hydrogens (tertiary/aromatic N) is 3. The van der Waals surface area contributed by atoms with Gasteiger partial charge in [-0.25, -0.2) is 4.98 Å². The largest absolute Gasteiger partial charge is 0.486 e. The highest BCUT2D eigenvalue weighted by Gasteiger charge is 2.15. The summed E-state index contributed by atoms with van der Waals surface area (Å²) >= 11 is 0. The SMILES string of the molecule is COCCN(C)c1ccc(-c2ccc3[nH]nc(NC(=O)Cc4ccc5c(c4)OCCO5)c3c2)cn1. The van der Waals surface area contributed by atoms with Gasteiger partial charge in [0.2, 0.25) is 5.91 Å². The number of carbonyl (C=O) groups is 1. The fourth-order valence-corrected chi connectivity index (χ4v) is 3.97. The molecule has 0 bridgehead atoms. The molecule has 0 saturated carbocycles. The van der Waals surface area contributed by atoms with Crippen molar-refractivity contribution in [2.75, 3.05) is 50.7 Å². The van der Waals surface area contributed by atoms with E-state index in [2.05, 4.69) is 20.5 Å². The van der Waals surface area contributed by atoms with E-state index in [1.165, 1.54) is 0 Å². The second-order valence-electron chi connectivity index (χ2n) is 8.35. The van der Waals surface area contributed by atoms with Gasteiger partial charge in [-0.1, -0.05) is 12.1 Å². The smallest absolute Gasteiger partial charge is 0.230 e. The lowest BCUT2D eigenvalue weighted by Crippen LogP contribution is -2.22. The number of aromatic amines is 1. The molecule has 1 aliphatic heterocycles. The first-order valence-corrected chi connectivity index (χ1v) is 11.4. The minimum absolute atomic E-state index is 0.161. The number of hydrogen-bond acceptors (Lipinski definition) is 7. The van der Waals surface area contributed by atoms with Crippen LogP contribution >= 0.6 is 0 Å². The fourth-order valence-electron chi connectivity index (χ4n) is 3.97. The number of H-pyrrole nitrogens is 1. The Hall–Kier alpha value is -4.11. The molecule has 9 nitrogen and oxygen atoms in total. The maximum atomic E-state index is 12.8. The van der Waals surface area contributed by atoms with E-state index in [9.17, 15) is 4.79 Å². The number of hydrogen-bond donors (Lipinski definition) is 2. The number of pyridine rings is 1. The summed E-state index contributed by atoms with van der Waals surface area (Å²) in [6.07, 6.45) is 2.05. The van der Waals surface area contributed by atoms with Crippen LogP contribution in [0.5, 0.6) is 11.5 Å². The monoisotopic (exact) mass is 473 g/mol. The van der Waals surface area contributed by atoms with E-state index < -0.39 is 0 Å². The molecule has 2 N–H and O–H groups in total. The van der Waals surface area contributed by atoms with Crippen LogP contribution in [0.15, 0.2) is 54.7 Å². The van der Waals surface area contributed by atoms with Gasteiger partial charge in [0, 0.05) is 37.8 Å². The number of fused-ring (bicyclic) bond motifs is 2. The van der Waals surface area contributed by atoms with E-state index in [-0.39, 0.29) is 12.3 Å². The first-order valence-electron chi connectivity index (χ1n) is 11.4. The number of carbonyl (C=O) groups excluding carboxylic acids is 1. The number of anilines is 2. The second kappa shape index (κ2) is 10.0. The summed E-state index contributed by atoms with van der Waals surface area (Å²) in [6.45, 7) is 2.44. The summed E-state index contributed by atoms with van der Waals surface area (Å²) in [4.78, 5) is 19.4. The topological polar surface area (TPSA) is 102 Å². The minimum Gasteiger partial charge on any atom is -0.486 e. The Morgan fingerprint density at radius 2 is 1.91 bits per heavy atom. The summed E-state index contributed by atoms with van der Waals surface area (Å²) in [6, 6.07) is 15.5. The van der Waals surface area contributed by atoms with Crippen molar-refractivity contribution in [3.05, 3.63) is 60.3 Å². The molecule has 2 aromatic carbocycles. The highest BCUT2D eigenvalue weighted by Crippen LogP contribution is 2.31. The predicted octanol–water partition coefficient (Wildman–Crippen LogP) is 3.66. The second-order valence-corrected chi connectivity index (χ2v) is 8.35. The molecule has 0 unspecified atom stereocenters. The number of amides is 1.